The molecule has 0 saturated carbocycles. The van der Waals surface area contributed by atoms with Crippen LogP contribution in [0.4, 0.5) is 30.4 Å². The third-order valence-corrected chi connectivity index (χ3v) is 12.5. The molecule has 0 aliphatic carbocycles. The van der Waals surface area contributed by atoms with Crippen LogP contribution in [0.2, 0.25) is 0 Å². The van der Waals surface area contributed by atoms with E-state index >= 15 is 0 Å². The largest absolute Gasteiger partial charge is 0.417 e. The number of piperazine rings is 1. The predicted molar refractivity (Wildman–Crippen MR) is 214 cm³/mol. The molecule has 60 heavy (non-hydrogen) atoms. The van der Waals surface area contributed by atoms with Crippen LogP contribution in [0.1, 0.15) is 75.9 Å². The van der Waals surface area contributed by atoms with Gasteiger partial charge in [0.1, 0.15) is 11.9 Å². The number of carbonyl (C=O) groups is 5. The fraction of sp³-hybridized carbons (Fsp3) is 0.465. The van der Waals surface area contributed by atoms with Crippen molar-refractivity contribution in [3.05, 3.63) is 82.5 Å². The lowest BCUT2D eigenvalue weighted by Crippen LogP contribution is -2.54. The number of halogens is 3. The SMILES string of the molecule is N#Cc1ccc(N2CCC(C(=O)Nc3ccc(N4CCC(CN5CCN(Cc6ccc7c(c6)C(=O)N(C6CCC(=O)NC6=O)C7=O)CC5)CC4)cn3)CC2)cc1C(F)(F)F. The zero-order valence-electron chi connectivity index (χ0n) is 33.0. The number of nitrogens with zero attached hydrogens (tertiary/aromatic N) is 7. The molecular weight excluding hydrogens is 780 g/mol. The molecule has 5 amide bonds. The number of amides is 5. The number of nitrogens with one attached hydrogen (secondary N) is 2. The summed E-state index contributed by atoms with van der Waals surface area (Å²) in [4.78, 5) is 77.9. The molecule has 8 rings (SSSR count). The summed E-state index contributed by atoms with van der Waals surface area (Å²) in [6.45, 7) is 7.94. The van der Waals surface area contributed by atoms with Crippen molar-refractivity contribution in [2.24, 2.45) is 11.8 Å². The molecule has 4 saturated heterocycles. The highest BCUT2D eigenvalue weighted by Crippen LogP contribution is 2.36. The van der Waals surface area contributed by atoms with Crippen molar-refractivity contribution >= 4 is 46.7 Å². The minimum Gasteiger partial charge on any atom is -0.371 e. The average molecular weight is 826 g/mol. The summed E-state index contributed by atoms with van der Waals surface area (Å²) in [7, 11) is 0. The number of carbonyl (C=O) groups excluding carboxylic acids is 5. The fourth-order valence-corrected chi connectivity index (χ4v) is 9.08. The minimum absolute atomic E-state index is 0.0814. The van der Waals surface area contributed by atoms with Crippen molar-refractivity contribution < 1.29 is 37.1 Å². The van der Waals surface area contributed by atoms with E-state index in [9.17, 15) is 37.1 Å². The van der Waals surface area contributed by atoms with Crippen LogP contribution in [0.15, 0.2) is 54.7 Å². The molecule has 5 aliphatic heterocycles. The summed E-state index contributed by atoms with van der Waals surface area (Å²) in [6.07, 6.45) is 0.424. The first-order chi connectivity index (χ1) is 28.8. The van der Waals surface area contributed by atoms with Gasteiger partial charge in [-0.25, -0.2) is 4.98 Å². The molecule has 14 nitrogen and oxygen atoms in total. The molecule has 0 bridgehead atoms. The lowest BCUT2D eigenvalue weighted by molar-refractivity contribution is -0.138. The molecule has 1 atom stereocenters. The number of alkyl halides is 3. The monoisotopic (exact) mass is 825 g/mol. The molecule has 0 radical (unpaired) electrons. The maximum atomic E-state index is 13.5. The van der Waals surface area contributed by atoms with E-state index in [1.165, 1.54) is 12.1 Å². The Kier molecular flexibility index (Phi) is 11.6. The summed E-state index contributed by atoms with van der Waals surface area (Å²) >= 11 is 0. The second kappa shape index (κ2) is 17.0. The standard InChI is InChI=1S/C43H46F3N9O5/c44-43(45,46)35-22-31(3-2-30(35)23-47)53-15-11-29(12-16-53)39(57)49-37-7-4-32(24-48-37)54-13-9-27(10-14-54)25-51-17-19-52(20-18-51)26-28-1-5-33-34(21-28)42(60)55(41(33)59)36-6-8-38(56)50-40(36)58/h1-5,7,21-22,24,27,29,36H,6,8-20,25-26H2,(H,48,49,57)(H,50,56,58). The quantitative estimate of drug-likeness (QED) is 0.297. The van der Waals surface area contributed by atoms with Crippen molar-refractivity contribution in [2.45, 2.75) is 57.3 Å². The van der Waals surface area contributed by atoms with E-state index in [2.05, 4.69) is 30.3 Å². The average Bonchev–Trinajstić information content (AvgIpc) is 3.49. The Morgan fingerprint density at radius 2 is 1.47 bits per heavy atom. The van der Waals surface area contributed by atoms with Crippen molar-refractivity contribution in [3.63, 3.8) is 0 Å². The lowest BCUT2D eigenvalue weighted by Gasteiger charge is -2.39. The van der Waals surface area contributed by atoms with Crippen LogP contribution < -0.4 is 20.4 Å². The van der Waals surface area contributed by atoms with Crippen LogP contribution in [-0.4, -0.2) is 114 Å². The summed E-state index contributed by atoms with van der Waals surface area (Å²) in [6, 6.07) is 13.4. The van der Waals surface area contributed by atoms with E-state index in [-0.39, 0.29) is 30.2 Å². The van der Waals surface area contributed by atoms with Crippen molar-refractivity contribution in [1.29, 1.82) is 5.26 Å². The molecule has 2 N–H and O–H groups in total. The van der Waals surface area contributed by atoms with Gasteiger partial charge in [0.05, 0.1) is 40.2 Å². The Hall–Kier alpha value is -5.86. The number of aromatic nitrogens is 1. The molecule has 1 unspecified atom stereocenters. The molecule has 6 heterocycles. The van der Waals surface area contributed by atoms with Gasteiger partial charge in [-0.15, -0.1) is 0 Å². The molecule has 1 aromatic heterocycles. The van der Waals surface area contributed by atoms with Crippen LogP contribution in [0.5, 0.6) is 0 Å². The van der Waals surface area contributed by atoms with Gasteiger partial charge in [0.25, 0.3) is 11.8 Å². The van der Waals surface area contributed by atoms with E-state index in [1.807, 2.05) is 17.0 Å². The minimum atomic E-state index is -4.63. The number of pyridine rings is 1. The molecule has 5 aliphatic rings. The molecule has 4 fully saturated rings. The lowest BCUT2D eigenvalue weighted by atomic mass is 9.95. The van der Waals surface area contributed by atoms with E-state index in [0.717, 1.165) is 80.9 Å². The summed E-state index contributed by atoms with van der Waals surface area (Å²) < 4.78 is 40.4. The molecule has 314 valence electrons. The van der Waals surface area contributed by atoms with Gasteiger partial charge < -0.3 is 20.0 Å². The van der Waals surface area contributed by atoms with Gasteiger partial charge in [-0.2, -0.15) is 18.4 Å². The van der Waals surface area contributed by atoms with Crippen molar-refractivity contribution in [1.82, 2.24) is 25.0 Å². The van der Waals surface area contributed by atoms with E-state index < -0.39 is 47.0 Å². The van der Waals surface area contributed by atoms with Crippen LogP contribution >= 0.6 is 0 Å². The number of hydrogen-bond donors (Lipinski definition) is 2. The van der Waals surface area contributed by atoms with Gasteiger partial charge in [0, 0.05) is 83.5 Å². The highest BCUT2D eigenvalue weighted by molar-refractivity contribution is 6.23. The topological polar surface area (TPSA) is 162 Å². The van der Waals surface area contributed by atoms with Crippen LogP contribution in [0, 0.1) is 23.2 Å². The summed E-state index contributed by atoms with van der Waals surface area (Å²) in [5, 5.41) is 14.2. The summed E-state index contributed by atoms with van der Waals surface area (Å²) in [5.41, 5.74) is 1.53. The second-order valence-electron chi connectivity index (χ2n) is 16.3. The molecule has 2 aromatic carbocycles. The highest BCUT2D eigenvalue weighted by atomic mass is 19.4. The molecular formula is C43H46F3N9O5. The van der Waals surface area contributed by atoms with Crippen LogP contribution in [-0.2, 0) is 27.1 Å². The Balaban J connectivity index is 0.747. The predicted octanol–water partition coefficient (Wildman–Crippen LogP) is 4.26. The van der Waals surface area contributed by atoms with E-state index in [1.54, 1.807) is 30.5 Å². The maximum Gasteiger partial charge on any atom is 0.417 e. The first kappa shape index (κ1) is 40.9. The number of imide groups is 2. The third-order valence-electron chi connectivity index (χ3n) is 12.5. The van der Waals surface area contributed by atoms with Crippen LogP contribution in [0.25, 0.3) is 0 Å². The van der Waals surface area contributed by atoms with Gasteiger partial charge in [0.15, 0.2) is 0 Å². The molecule has 0 spiro atoms. The molecule has 3 aromatic rings. The number of nitriles is 1. The van der Waals surface area contributed by atoms with Gasteiger partial charge >= 0.3 is 6.18 Å². The zero-order chi connectivity index (χ0) is 42.1. The first-order valence-electron chi connectivity index (χ1n) is 20.5. The van der Waals surface area contributed by atoms with Crippen molar-refractivity contribution in [3.8, 4) is 6.07 Å². The Bertz CT molecular complexity index is 2200. The number of fused-ring (bicyclic) bond motifs is 1. The zero-order valence-corrected chi connectivity index (χ0v) is 33.0. The first-order valence-corrected chi connectivity index (χ1v) is 20.5. The number of hydrogen-bond acceptors (Lipinski definition) is 11. The third kappa shape index (κ3) is 8.71. The fourth-order valence-electron chi connectivity index (χ4n) is 9.08. The van der Waals surface area contributed by atoms with Gasteiger partial charge in [-0.3, -0.25) is 39.1 Å². The van der Waals surface area contributed by atoms with E-state index in [0.29, 0.717) is 55.5 Å². The molecule has 17 heteroatoms. The van der Waals surface area contributed by atoms with E-state index in [4.69, 9.17) is 5.26 Å². The van der Waals surface area contributed by atoms with Crippen molar-refractivity contribution in [2.75, 3.05) is 74.0 Å². The number of rotatable bonds is 9. The van der Waals surface area contributed by atoms with Gasteiger partial charge in [-0.05, 0) is 86.1 Å². The number of anilines is 3. The Labute approximate surface area is 345 Å². The smallest absolute Gasteiger partial charge is 0.371 e. The Morgan fingerprint density at radius 1 is 0.800 bits per heavy atom. The normalized spacial score (nSPS) is 21.2. The Morgan fingerprint density at radius 3 is 2.13 bits per heavy atom. The second-order valence-corrected chi connectivity index (χ2v) is 16.3. The summed E-state index contributed by atoms with van der Waals surface area (Å²) in [5.74, 6) is -1.44. The highest BCUT2D eigenvalue weighted by Gasteiger charge is 2.45. The van der Waals surface area contributed by atoms with Crippen LogP contribution in [0.3, 0.4) is 0 Å². The maximum absolute atomic E-state index is 13.5. The number of benzene rings is 2. The van der Waals surface area contributed by atoms with Gasteiger partial charge in [0.2, 0.25) is 17.7 Å². The number of piperidine rings is 3. The van der Waals surface area contributed by atoms with Gasteiger partial charge in [-0.1, -0.05) is 6.07 Å².